The third-order valence-electron chi connectivity index (χ3n) is 4.84. The van der Waals surface area contributed by atoms with E-state index in [0.717, 1.165) is 25.2 Å². The molecule has 6 nitrogen and oxygen atoms in total. The standard InChI is InChI=1S/C23H32NO5.BrH/c1-24(11-15-28-17-13-25,12-16-29-18-14-26)19-20-7-9-22(10-8-20)23(27)21-5-3-2-4-6-21;/h2-10,25-26H,11-19H2,1H3;1H/q+1;/p-1. The van der Waals surface area contributed by atoms with Crippen LogP contribution in [0.5, 0.6) is 0 Å². The van der Waals surface area contributed by atoms with Crippen LogP contribution < -0.4 is 17.0 Å². The van der Waals surface area contributed by atoms with Gasteiger partial charge in [0.15, 0.2) is 5.78 Å². The first-order chi connectivity index (χ1) is 14.1. The SMILES string of the molecule is C[N+](CCOCCO)(CCOCCO)Cc1ccc(C(=O)c2ccccc2)cc1.[Br-]. The molecule has 0 bridgehead atoms. The Morgan fingerprint density at radius 1 is 0.800 bits per heavy atom. The average Bonchev–Trinajstić information content (AvgIpc) is 2.75. The van der Waals surface area contributed by atoms with Crippen molar-refractivity contribution < 1.29 is 45.9 Å². The van der Waals surface area contributed by atoms with Gasteiger partial charge in [0, 0.05) is 16.7 Å². The molecule has 0 radical (unpaired) electrons. The molecule has 30 heavy (non-hydrogen) atoms. The number of hydrogen-bond donors (Lipinski definition) is 2. The van der Waals surface area contributed by atoms with E-state index in [1.165, 1.54) is 0 Å². The fourth-order valence-corrected chi connectivity index (χ4v) is 3.13. The van der Waals surface area contributed by atoms with Gasteiger partial charge in [0.25, 0.3) is 0 Å². The van der Waals surface area contributed by atoms with Crippen molar-refractivity contribution in [2.24, 2.45) is 0 Å². The van der Waals surface area contributed by atoms with E-state index >= 15 is 0 Å². The summed E-state index contributed by atoms with van der Waals surface area (Å²) >= 11 is 0. The highest BCUT2D eigenvalue weighted by molar-refractivity contribution is 6.08. The zero-order chi connectivity index (χ0) is 21.0. The third-order valence-corrected chi connectivity index (χ3v) is 4.84. The molecule has 2 rings (SSSR count). The summed E-state index contributed by atoms with van der Waals surface area (Å²) in [5.41, 5.74) is 2.48. The lowest BCUT2D eigenvalue weighted by atomic mass is 10.0. The number of benzene rings is 2. The van der Waals surface area contributed by atoms with Crippen molar-refractivity contribution in [1.82, 2.24) is 0 Å². The highest BCUT2D eigenvalue weighted by Gasteiger charge is 2.22. The van der Waals surface area contributed by atoms with Gasteiger partial charge in [-0.05, 0) is 0 Å². The van der Waals surface area contributed by atoms with Gasteiger partial charge >= 0.3 is 0 Å². The number of hydrogen-bond acceptors (Lipinski definition) is 5. The van der Waals surface area contributed by atoms with Gasteiger partial charge in [-0.3, -0.25) is 4.79 Å². The maximum Gasteiger partial charge on any atom is 0.193 e. The molecule has 0 saturated carbocycles. The fourth-order valence-electron chi connectivity index (χ4n) is 3.13. The third kappa shape index (κ3) is 9.04. The van der Waals surface area contributed by atoms with Crippen LogP contribution in [0, 0.1) is 0 Å². The summed E-state index contributed by atoms with van der Waals surface area (Å²) in [6, 6.07) is 17.0. The van der Waals surface area contributed by atoms with Crippen LogP contribution in [0.25, 0.3) is 0 Å². The van der Waals surface area contributed by atoms with Crippen LogP contribution in [-0.4, -0.2) is 80.3 Å². The number of ether oxygens (including phenoxy) is 2. The summed E-state index contributed by atoms with van der Waals surface area (Å²) in [6.07, 6.45) is 0. The van der Waals surface area contributed by atoms with E-state index in [1.807, 2.05) is 54.6 Å². The fraction of sp³-hybridized carbons (Fsp3) is 0.435. The summed E-state index contributed by atoms with van der Waals surface area (Å²) in [6.45, 7) is 4.09. The van der Waals surface area contributed by atoms with E-state index in [9.17, 15) is 4.79 Å². The van der Waals surface area contributed by atoms with Crippen LogP contribution in [0.1, 0.15) is 21.5 Å². The predicted molar refractivity (Wildman–Crippen MR) is 112 cm³/mol. The number of quaternary nitrogens is 1. The minimum atomic E-state index is 0. The molecular formula is C23H32BrNO5. The van der Waals surface area contributed by atoms with Gasteiger partial charge in [-0.1, -0.05) is 54.6 Å². The molecule has 0 heterocycles. The van der Waals surface area contributed by atoms with Crippen molar-refractivity contribution in [1.29, 1.82) is 0 Å². The summed E-state index contributed by atoms with van der Waals surface area (Å²) in [4.78, 5) is 12.6. The number of halogens is 1. The second kappa shape index (κ2) is 14.4. The molecular weight excluding hydrogens is 450 g/mol. The Bertz CT molecular complexity index is 712. The Labute approximate surface area is 189 Å². The second-order valence-corrected chi connectivity index (χ2v) is 7.29. The van der Waals surface area contributed by atoms with Crippen LogP contribution in [0.2, 0.25) is 0 Å². The highest BCUT2D eigenvalue weighted by Crippen LogP contribution is 2.15. The Morgan fingerprint density at radius 2 is 1.30 bits per heavy atom. The maximum atomic E-state index is 12.6. The number of nitrogens with zero attached hydrogens (tertiary/aromatic N) is 1. The molecule has 0 aliphatic heterocycles. The van der Waals surface area contributed by atoms with Crippen molar-refractivity contribution in [2.45, 2.75) is 6.54 Å². The first kappa shape index (κ1) is 26.4. The highest BCUT2D eigenvalue weighted by atomic mass is 79.9. The molecule has 0 fully saturated rings. The molecule has 2 N–H and O–H groups in total. The molecule has 0 aliphatic rings. The Morgan fingerprint density at radius 3 is 1.80 bits per heavy atom. The maximum absolute atomic E-state index is 12.6. The van der Waals surface area contributed by atoms with Crippen molar-refractivity contribution in [3.8, 4) is 0 Å². The molecule has 0 amide bonds. The average molecular weight is 482 g/mol. The van der Waals surface area contributed by atoms with Crippen LogP contribution >= 0.6 is 0 Å². The molecule has 2 aromatic rings. The van der Waals surface area contributed by atoms with E-state index in [1.54, 1.807) is 0 Å². The molecule has 0 unspecified atom stereocenters. The van der Waals surface area contributed by atoms with E-state index < -0.39 is 0 Å². The molecule has 0 saturated heterocycles. The first-order valence-corrected chi connectivity index (χ1v) is 9.97. The van der Waals surface area contributed by atoms with E-state index in [4.69, 9.17) is 19.7 Å². The minimum absolute atomic E-state index is 0. The van der Waals surface area contributed by atoms with Gasteiger partial charge in [0.1, 0.15) is 19.6 Å². The monoisotopic (exact) mass is 481 g/mol. The normalized spacial score (nSPS) is 11.2. The number of ketones is 1. The Kier molecular flexibility index (Phi) is 12.7. The zero-order valence-electron chi connectivity index (χ0n) is 17.5. The number of carbonyl (C=O) groups is 1. The number of rotatable bonds is 14. The lowest BCUT2D eigenvalue weighted by Crippen LogP contribution is -3.00. The number of aliphatic hydroxyl groups excluding tert-OH is 2. The zero-order valence-corrected chi connectivity index (χ0v) is 19.1. The smallest absolute Gasteiger partial charge is 0.193 e. The molecule has 0 atom stereocenters. The van der Waals surface area contributed by atoms with E-state index in [-0.39, 0.29) is 36.0 Å². The van der Waals surface area contributed by atoms with E-state index in [2.05, 4.69) is 7.05 Å². The lowest BCUT2D eigenvalue weighted by molar-refractivity contribution is -0.923. The van der Waals surface area contributed by atoms with Gasteiger partial charge in [-0.15, -0.1) is 0 Å². The molecule has 0 aliphatic carbocycles. The lowest BCUT2D eigenvalue weighted by Gasteiger charge is -2.34. The summed E-state index contributed by atoms with van der Waals surface area (Å²) in [5, 5.41) is 17.8. The second-order valence-electron chi connectivity index (χ2n) is 7.29. The predicted octanol–water partition coefficient (Wildman–Crippen LogP) is -1.11. The Balaban J connectivity index is 0.00000450. The van der Waals surface area contributed by atoms with Crippen LogP contribution in [-0.2, 0) is 16.0 Å². The van der Waals surface area contributed by atoms with Gasteiger partial charge in [-0.2, -0.15) is 0 Å². The molecule has 166 valence electrons. The number of carbonyl (C=O) groups excluding carboxylic acids is 1. The first-order valence-electron chi connectivity index (χ1n) is 9.97. The van der Waals surface area contributed by atoms with Gasteiger partial charge < -0.3 is 41.2 Å². The van der Waals surface area contributed by atoms with Crippen LogP contribution in [0.4, 0.5) is 0 Å². The molecule has 2 aromatic carbocycles. The van der Waals surface area contributed by atoms with Gasteiger partial charge in [0.2, 0.25) is 0 Å². The largest absolute Gasteiger partial charge is 1.00 e. The number of likely N-dealkylation sites (N-methyl/N-ethyl adjacent to an activating group) is 1. The van der Waals surface area contributed by atoms with Crippen LogP contribution in [0.15, 0.2) is 54.6 Å². The molecule has 0 aromatic heterocycles. The summed E-state index contributed by atoms with van der Waals surface area (Å²) < 4.78 is 11.6. The molecule has 0 spiro atoms. The Hall–Kier alpha value is -1.61. The number of aliphatic hydroxyl groups is 2. The topological polar surface area (TPSA) is 76.0 Å². The van der Waals surface area contributed by atoms with Crippen molar-refractivity contribution in [3.05, 3.63) is 71.3 Å². The minimum Gasteiger partial charge on any atom is -1.00 e. The van der Waals surface area contributed by atoms with Gasteiger partial charge in [0.05, 0.1) is 46.7 Å². The quantitative estimate of drug-likeness (QED) is 0.203. The van der Waals surface area contributed by atoms with Crippen LogP contribution in [0.3, 0.4) is 0 Å². The summed E-state index contributed by atoms with van der Waals surface area (Å²) in [7, 11) is 2.13. The van der Waals surface area contributed by atoms with Crippen molar-refractivity contribution in [3.63, 3.8) is 0 Å². The summed E-state index contributed by atoms with van der Waals surface area (Å²) in [5.74, 6) is 0.0178. The molecule has 7 heteroatoms. The van der Waals surface area contributed by atoms with E-state index in [0.29, 0.717) is 42.0 Å². The van der Waals surface area contributed by atoms with Gasteiger partial charge in [-0.25, -0.2) is 0 Å². The van der Waals surface area contributed by atoms with Crippen molar-refractivity contribution >= 4 is 5.78 Å². The van der Waals surface area contributed by atoms with Crippen molar-refractivity contribution in [2.75, 3.05) is 59.8 Å².